The van der Waals surface area contributed by atoms with Gasteiger partial charge in [-0.15, -0.1) is 0 Å². The van der Waals surface area contributed by atoms with Crippen LogP contribution in [0.2, 0.25) is 0 Å². The van der Waals surface area contributed by atoms with Crippen molar-refractivity contribution in [2.24, 2.45) is 5.16 Å². The average Bonchev–Trinajstić information content (AvgIpc) is 3.09. The van der Waals surface area contributed by atoms with Crippen molar-refractivity contribution >= 4 is 5.71 Å². The fourth-order valence-corrected chi connectivity index (χ4v) is 3.06. The molecule has 24 heavy (non-hydrogen) atoms. The lowest BCUT2D eigenvalue weighted by Crippen LogP contribution is -2.24. The second-order valence-corrected chi connectivity index (χ2v) is 5.89. The Morgan fingerprint density at radius 1 is 1.33 bits per heavy atom. The van der Waals surface area contributed by atoms with Crippen LogP contribution in [-0.2, 0) is 4.84 Å². The Morgan fingerprint density at radius 3 is 2.88 bits per heavy atom. The number of benzene rings is 1. The van der Waals surface area contributed by atoms with Crippen LogP contribution in [0.1, 0.15) is 30.0 Å². The summed E-state index contributed by atoms with van der Waals surface area (Å²) in [5.74, 6) is 0.189. The van der Waals surface area contributed by atoms with Crippen molar-refractivity contribution in [3.05, 3.63) is 59.9 Å². The summed E-state index contributed by atoms with van der Waals surface area (Å²) >= 11 is 0. The van der Waals surface area contributed by atoms with Crippen molar-refractivity contribution in [2.75, 3.05) is 26.7 Å². The molecule has 0 aliphatic carbocycles. The van der Waals surface area contributed by atoms with E-state index >= 15 is 0 Å². The van der Waals surface area contributed by atoms with E-state index in [1.54, 1.807) is 24.5 Å². The highest BCUT2D eigenvalue weighted by molar-refractivity contribution is 6.00. The van der Waals surface area contributed by atoms with Crippen molar-refractivity contribution in [1.82, 2.24) is 14.9 Å². The minimum atomic E-state index is -0.248. The molecular weight excluding hydrogens is 307 g/mol. The van der Waals surface area contributed by atoms with Crippen LogP contribution in [0.15, 0.2) is 48.0 Å². The number of oxime groups is 1. The number of aromatic nitrogens is 2. The molecule has 0 spiro atoms. The molecule has 2 aromatic rings. The van der Waals surface area contributed by atoms with E-state index in [0.29, 0.717) is 5.92 Å². The summed E-state index contributed by atoms with van der Waals surface area (Å²) in [4.78, 5) is 15.9. The van der Waals surface area contributed by atoms with Gasteiger partial charge >= 0.3 is 0 Å². The molecule has 1 unspecified atom stereocenters. The number of hydrogen-bond acceptors (Lipinski definition) is 5. The Balaban J connectivity index is 1.58. The molecule has 1 aromatic heterocycles. The molecule has 6 heteroatoms. The molecule has 1 atom stereocenters. The predicted molar refractivity (Wildman–Crippen MR) is 90.4 cm³/mol. The number of nitrogens with zero attached hydrogens (tertiary/aromatic N) is 4. The van der Waals surface area contributed by atoms with Gasteiger partial charge < -0.3 is 9.74 Å². The van der Waals surface area contributed by atoms with E-state index in [9.17, 15) is 4.39 Å². The van der Waals surface area contributed by atoms with Crippen LogP contribution in [0, 0.1) is 5.82 Å². The molecule has 1 saturated heterocycles. The Hall–Kier alpha value is -2.34. The van der Waals surface area contributed by atoms with Gasteiger partial charge in [0.05, 0.1) is 11.4 Å². The first-order valence-electron chi connectivity index (χ1n) is 8.10. The normalized spacial score (nSPS) is 18.8. The van der Waals surface area contributed by atoms with Crippen molar-refractivity contribution in [2.45, 2.75) is 18.8 Å². The van der Waals surface area contributed by atoms with E-state index in [1.807, 2.05) is 6.20 Å². The summed E-state index contributed by atoms with van der Waals surface area (Å²) in [6, 6.07) is 6.36. The molecule has 2 heterocycles. The predicted octanol–water partition coefficient (Wildman–Crippen LogP) is 2.85. The van der Waals surface area contributed by atoms with Gasteiger partial charge in [-0.25, -0.2) is 4.39 Å². The van der Waals surface area contributed by atoms with Gasteiger partial charge in [0.2, 0.25) is 0 Å². The summed E-state index contributed by atoms with van der Waals surface area (Å²) in [6.07, 6.45) is 7.14. The highest BCUT2D eigenvalue weighted by atomic mass is 19.1. The second-order valence-electron chi connectivity index (χ2n) is 5.89. The third kappa shape index (κ3) is 4.14. The first-order valence-corrected chi connectivity index (χ1v) is 8.10. The van der Waals surface area contributed by atoms with E-state index in [-0.39, 0.29) is 5.82 Å². The fraction of sp³-hybridized carbons (Fsp3) is 0.389. The maximum atomic E-state index is 13.1. The molecule has 0 saturated carbocycles. The lowest BCUT2D eigenvalue weighted by molar-refractivity contribution is 0.212. The molecule has 1 aliphatic rings. The van der Waals surface area contributed by atoms with Crippen molar-refractivity contribution in [3.8, 4) is 0 Å². The van der Waals surface area contributed by atoms with E-state index < -0.39 is 0 Å². The summed E-state index contributed by atoms with van der Waals surface area (Å²) in [5, 5.41) is 4.11. The summed E-state index contributed by atoms with van der Waals surface area (Å²) in [6.45, 7) is 2.89. The topological polar surface area (TPSA) is 50.6 Å². The SMILES string of the molecule is CON=C(CCN1CCC(c2cnccn2)C1)c1ccc(F)cc1. The lowest BCUT2D eigenvalue weighted by atomic mass is 10.1. The monoisotopic (exact) mass is 328 g/mol. The Kier molecular flexibility index (Phi) is 5.48. The van der Waals surface area contributed by atoms with Crippen LogP contribution < -0.4 is 0 Å². The zero-order valence-corrected chi connectivity index (χ0v) is 13.7. The zero-order valence-electron chi connectivity index (χ0n) is 13.7. The molecule has 0 amide bonds. The third-order valence-corrected chi connectivity index (χ3v) is 4.32. The summed E-state index contributed by atoms with van der Waals surface area (Å²) in [7, 11) is 1.53. The first kappa shape index (κ1) is 16.5. The highest BCUT2D eigenvalue weighted by Gasteiger charge is 2.25. The van der Waals surface area contributed by atoms with Crippen molar-refractivity contribution in [1.29, 1.82) is 0 Å². The zero-order chi connectivity index (χ0) is 16.8. The van der Waals surface area contributed by atoms with E-state index in [4.69, 9.17) is 4.84 Å². The smallest absolute Gasteiger partial charge is 0.123 e. The van der Waals surface area contributed by atoms with Gasteiger partial charge in [0.15, 0.2) is 0 Å². The lowest BCUT2D eigenvalue weighted by Gasteiger charge is -2.16. The Morgan fingerprint density at radius 2 is 2.17 bits per heavy atom. The molecule has 3 rings (SSSR count). The van der Waals surface area contributed by atoms with Gasteiger partial charge in [0.25, 0.3) is 0 Å². The van der Waals surface area contributed by atoms with Gasteiger partial charge in [-0.3, -0.25) is 9.97 Å². The maximum Gasteiger partial charge on any atom is 0.123 e. The second kappa shape index (κ2) is 7.97. The van der Waals surface area contributed by atoms with Gasteiger partial charge in [-0.1, -0.05) is 17.3 Å². The van der Waals surface area contributed by atoms with Crippen molar-refractivity contribution < 1.29 is 9.23 Å². The van der Waals surface area contributed by atoms with E-state index in [2.05, 4.69) is 20.0 Å². The van der Waals surface area contributed by atoms with E-state index in [0.717, 1.165) is 49.4 Å². The van der Waals surface area contributed by atoms with Gasteiger partial charge in [-0.2, -0.15) is 0 Å². The molecule has 1 aromatic carbocycles. The largest absolute Gasteiger partial charge is 0.399 e. The molecule has 1 fully saturated rings. The van der Waals surface area contributed by atoms with Gasteiger partial charge in [0.1, 0.15) is 12.9 Å². The number of halogens is 1. The molecular formula is C18H21FN4O. The molecule has 1 aliphatic heterocycles. The number of rotatable bonds is 6. The van der Waals surface area contributed by atoms with Crippen LogP contribution in [-0.4, -0.2) is 47.3 Å². The van der Waals surface area contributed by atoms with E-state index in [1.165, 1.54) is 19.2 Å². The Labute approximate surface area is 141 Å². The molecule has 0 N–H and O–H groups in total. The van der Waals surface area contributed by atoms with Gasteiger partial charge in [0, 0.05) is 44.0 Å². The Bertz CT molecular complexity index is 675. The molecule has 126 valence electrons. The summed E-state index contributed by atoms with van der Waals surface area (Å²) in [5.41, 5.74) is 2.78. The fourth-order valence-electron chi connectivity index (χ4n) is 3.06. The molecule has 0 radical (unpaired) electrons. The average molecular weight is 328 g/mol. The number of hydrogen-bond donors (Lipinski definition) is 0. The van der Waals surface area contributed by atoms with Crippen LogP contribution in [0.3, 0.4) is 0 Å². The summed E-state index contributed by atoms with van der Waals surface area (Å²) < 4.78 is 13.1. The molecule has 5 nitrogen and oxygen atoms in total. The number of likely N-dealkylation sites (tertiary alicyclic amines) is 1. The minimum Gasteiger partial charge on any atom is -0.399 e. The van der Waals surface area contributed by atoms with Crippen molar-refractivity contribution in [3.63, 3.8) is 0 Å². The highest BCUT2D eigenvalue weighted by Crippen LogP contribution is 2.25. The first-order chi connectivity index (χ1) is 11.8. The van der Waals surface area contributed by atoms with Crippen LogP contribution >= 0.6 is 0 Å². The quantitative estimate of drug-likeness (QED) is 0.604. The van der Waals surface area contributed by atoms with Crippen LogP contribution in [0.5, 0.6) is 0 Å². The minimum absolute atomic E-state index is 0.248. The maximum absolute atomic E-state index is 13.1. The van der Waals surface area contributed by atoms with Crippen LogP contribution in [0.4, 0.5) is 4.39 Å². The standard InChI is InChI=1S/C18H21FN4O/c1-24-22-17(14-2-4-16(19)5-3-14)7-11-23-10-6-15(13-23)18-12-20-8-9-21-18/h2-5,8-9,12,15H,6-7,10-11,13H2,1H3. The molecule has 0 bridgehead atoms. The van der Waals surface area contributed by atoms with Crippen LogP contribution in [0.25, 0.3) is 0 Å². The van der Waals surface area contributed by atoms with Gasteiger partial charge in [-0.05, 0) is 30.7 Å². The third-order valence-electron chi connectivity index (χ3n) is 4.32.